The first-order valence-electron chi connectivity index (χ1n) is 8.17. The maximum absolute atomic E-state index is 12.7. The molecule has 1 amide bonds. The van der Waals surface area contributed by atoms with Crippen molar-refractivity contribution in [1.29, 1.82) is 0 Å². The molecule has 3 rings (SSSR count). The number of anilines is 1. The van der Waals surface area contributed by atoms with Crippen LogP contribution >= 0.6 is 11.8 Å². The summed E-state index contributed by atoms with van der Waals surface area (Å²) in [7, 11) is 1.59. The van der Waals surface area contributed by atoms with Gasteiger partial charge >= 0.3 is 0 Å². The molecule has 1 N–H and O–H groups in total. The topological polar surface area (TPSA) is 51.2 Å². The Morgan fingerprint density at radius 1 is 1.12 bits per heavy atom. The highest BCUT2D eigenvalue weighted by atomic mass is 32.2. The van der Waals surface area contributed by atoms with Gasteiger partial charge in [-0.05, 0) is 30.7 Å². The molecule has 0 aliphatic rings. The number of pyridine rings is 1. The molecule has 0 saturated carbocycles. The number of aromatic nitrogens is 1. The van der Waals surface area contributed by atoms with E-state index in [1.54, 1.807) is 7.11 Å². The number of rotatable bonds is 6. The number of carbonyl (C=O) groups excluding carboxylic acids is 1. The van der Waals surface area contributed by atoms with Crippen molar-refractivity contribution < 1.29 is 9.53 Å². The number of para-hydroxylation sites is 3. The number of carbonyl (C=O) groups is 1. The van der Waals surface area contributed by atoms with Crippen molar-refractivity contribution in [3.05, 3.63) is 60.7 Å². The van der Waals surface area contributed by atoms with E-state index in [2.05, 4.69) is 10.3 Å². The van der Waals surface area contributed by atoms with Gasteiger partial charge in [0, 0.05) is 5.39 Å². The van der Waals surface area contributed by atoms with Crippen LogP contribution in [-0.4, -0.2) is 23.3 Å². The van der Waals surface area contributed by atoms with Crippen LogP contribution in [-0.2, 0) is 4.79 Å². The summed E-state index contributed by atoms with van der Waals surface area (Å²) in [4.78, 5) is 17.3. The SMILES string of the molecule is CCC(Sc1ccc2ccccc2n1)C(=O)Nc1ccccc1OC. The highest BCUT2D eigenvalue weighted by molar-refractivity contribution is 8.00. The Labute approximate surface area is 151 Å². The van der Waals surface area contributed by atoms with Gasteiger partial charge in [-0.15, -0.1) is 0 Å². The molecule has 1 unspecified atom stereocenters. The Balaban J connectivity index is 1.75. The predicted octanol–water partition coefficient (Wildman–Crippen LogP) is 4.75. The zero-order valence-electron chi connectivity index (χ0n) is 14.2. The maximum Gasteiger partial charge on any atom is 0.238 e. The van der Waals surface area contributed by atoms with E-state index in [9.17, 15) is 4.79 Å². The molecule has 1 heterocycles. The number of nitrogens with zero attached hydrogens (tertiary/aromatic N) is 1. The number of amides is 1. The van der Waals surface area contributed by atoms with Gasteiger partial charge in [-0.2, -0.15) is 0 Å². The summed E-state index contributed by atoms with van der Waals surface area (Å²) in [6.45, 7) is 2.00. The average molecular weight is 352 g/mol. The molecule has 0 fully saturated rings. The van der Waals surface area contributed by atoms with Gasteiger partial charge in [-0.1, -0.05) is 55.1 Å². The third-order valence-electron chi connectivity index (χ3n) is 3.86. The van der Waals surface area contributed by atoms with Crippen molar-refractivity contribution in [2.75, 3.05) is 12.4 Å². The fourth-order valence-electron chi connectivity index (χ4n) is 2.54. The van der Waals surface area contributed by atoms with E-state index in [-0.39, 0.29) is 11.2 Å². The summed E-state index contributed by atoms with van der Waals surface area (Å²) in [5, 5.41) is 4.68. The largest absolute Gasteiger partial charge is 0.495 e. The van der Waals surface area contributed by atoms with Crippen molar-refractivity contribution >= 4 is 34.3 Å². The lowest BCUT2D eigenvalue weighted by Crippen LogP contribution is -2.24. The van der Waals surface area contributed by atoms with Crippen molar-refractivity contribution in [2.24, 2.45) is 0 Å². The summed E-state index contributed by atoms with van der Waals surface area (Å²) in [6, 6.07) is 19.4. The van der Waals surface area contributed by atoms with Crippen LogP contribution in [0.25, 0.3) is 10.9 Å². The second kappa shape index (κ2) is 8.03. The van der Waals surface area contributed by atoms with E-state index in [4.69, 9.17) is 4.74 Å². The zero-order chi connectivity index (χ0) is 17.6. The Kier molecular flexibility index (Phi) is 5.56. The van der Waals surface area contributed by atoms with Crippen LogP contribution in [0.3, 0.4) is 0 Å². The van der Waals surface area contributed by atoms with Crippen molar-refractivity contribution in [3.63, 3.8) is 0 Å². The fourth-order valence-corrected chi connectivity index (χ4v) is 3.46. The number of hydrogen-bond donors (Lipinski definition) is 1. The summed E-state index contributed by atoms with van der Waals surface area (Å²) >= 11 is 1.48. The van der Waals surface area contributed by atoms with E-state index in [0.29, 0.717) is 17.9 Å². The molecule has 25 heavy (non-hydrogen) atoms. The number of fused-ring (bicyclic) bond motifs is 1. The third kappa shape index (κ3) is 4.12. The van der Waals surface area contributed by atoms with Crippen LogP contribution < -0.4 is 10.1 Å². The Hall–Kier alpha value is -2.53. The number of hydrogen-bond acceptors (Lipinski definition) is 4. The lowest BCUT2D eigenvalue weighted by Gasteiger charge is -2.16. The minimum atomic E-state index is -0.224. The summed E-state index contributed by atoms with van der Waals surface area (Å²) in [5.74, 6) is 0.603. The van der Waals surface area contributed by atoms with Crippen molar-refractivity contribution in [2.45, 2.75) is 23.6 Å². The first-order chi connectivity index (χ1) is 12.2. The van der Waals surface area contributed by atoms with E-state index in [0.717, 1.165) is 15.9 Å². The van der Waals surface area contributed by atoms with E-state index >= 15 is 0 Å². The van der Waals surface area contributed by atoms with Gasteiger partial charge in [-0.3, -0.25) is 4.79 Å². The van der Waals surface area contributed by atoms with Crippen LogP contribution in [0, 0.1) is 0 Å². The van der Waals surface area contributed by atoms with Gasteiger partial charge in [0.15, 0.2) is 0 Å². The molecule has 3 aromatic rings. The number of thioether (sulfide) groups is 1. The van der Waals surface area contributed by atoms with E-state index < -0.39 is 0 Å². The molecule has 5 heteroatoms. The molecule has 2 aromatic carbocycles. The lowest BCUT2D eigenvalue weighted by molar-refractivity contribution is -0.115. The maximum atomic E-state index is 12.7. The normalized spacial score (nSPS) is 11.9. The molecule has 0 aliphatic heterocycles. The summed E-state index contributed by atoms with van der Waals surface area (Å²) in [5.41, 5.74) is 1.62. The highest BCUT2D eigenvalue weighted by Crippen LogP contribution is 2.29. The molecule has 1 aromatic heterocycles. The van der Waals surface area contributed by atoms with Gasteiger partial charge in [0.1, 0.15) is 5.75 Å². The average Bonchev–Trinajstić information content (AvgIpc) is 2.66. The molecule has 0 bridgehead atoms. The van der Waals surface area contributed by atoms with Crippen LogP contribution in [0.15, 0.2) is 65.7 Å². The monoisotopic (exact) mass is 352 g/mol. The second-order valence-electron chi connectivity index (χ2n) is 5.55. The van der Waals surface area contributed by atoms with Crippen LogP contribution in [0.5, 0.6) is 5.75 Å². The van der Waals surface area contributed by atoms with Crippen LogP contribution in [0.2, 0.25) is 0 Å². The van der Waals surface area contributed by atoms with E-state index in [1.807, 2.05) is 67.6 Å². The van der Waals surface area contributed by atoms with Gasteiger partial charge in [0.2, 0.25) is 5.91 Å². The molecular weight excluding hydrogens is 332 g/mol. The van der Waals surface area contributed by atoms with Crippen molar-refractivity contribution in [1.82, 2.24) is 4.98 Å². The molecule has 0 saturated heterocycles. The molecule has 0 spiro atoms. The van der Waals surface area contributed by atoms with Gasteiger partial charge in [0.05, 0.1) is 28.6 Å². The van der Waals surface area contributed by atoms with Gasteiger partial charge < -0.3 is 10.1 Å². The Morgan fingerprint density at radius 3 is 2.68 bits per heavy atom. The van der Waals surface area contributed by atoms with Crippen LogP contribution in [0.4, 0.5) is 5.69 Å². The molecule has 4 nitrogen and oxygen atoms in total. The Bertz CT molecular complexity index is 882. The molecule has 0 radical (unpaired) electrons. The molecular formula is C20H20N2O2S. The summed E-state index contributed by atoms with van der Waals surface area (Å²) < 4.78 is 5.29. The first kappa shape index (κ1) is 17.3. The number of ether oxygens (including phenoxy) is 1. The lowest BCUT2D eigenvalue weighted by atomic mass is 10.2. The Morgan fingerprint density at radius 2 is 1.88 bits per heavy atom. The second-order valence-corrected chi connectivity index (χ2v) is 6.77. The summed E-state index contributed by atoms with van der Waals surface area (Å²) in [6.07, 6.45) is 0.708. The molecule has 128 valence electrons. The third-order valence-corrected chi connectivity index (χ3v) is 5.16. The van der Waals surface area contributed by atoms with Crippen molar-refractivity contribution in [3.8, 4) is 5.75 Å². The number of nitrogens with one attached hydrogen (secondary N) is 1. The predicted molar refractivity (Wildman–Crippen MR) is 103 cm³/mol. The number of methoxy groups -OCH3 is 1. The highest BCUT2D eigenvalue weighted by Gasteiger charge is 2.20. The first-order valence-corrected chi connectivity index (χ1v) is 9.05. The quantitative estimate of drug-likeness (QED) is 0.650. The fraction of sp³-hybridized carbons (Fsp3) is 0.200. The molecule has 1 atom stereocenters. The number of benzene rings is 2. The smallest absolute Gasteiger partial charge is 0.238 e. The molecule has 0 aliphatic carbocycles. The van der Waals surface area contributed by atoms with Gasteiger partial charge in [-0.25, -0.2) is 4.98 Å². The standard InChI is InChI=1S/C20H20N2O2S/c1-3-18(20(23)22-16-10-6-7-11-17(16)24-2)25-19-13-12-14-8-4-5-9-15(14)21-19/h4-13,18H,3H2,1-2H3,(H,22,23). The van der Waals surface area contributed by atoms with E-state index in [1.165, 1.54) is 11.8 Å². The zero-order valence-corrected chi connectivity index (χ0v) is 15.0. The van der Waals surface area contributed by atoms with Gasteiger partial charge in [0.25, 0.3) is 0 Å². The minimum absolute atomic E-state index is 0.0491. The minimum Gasteiger partial charge on any atom is -0.495 e. The van der Waals surface area contributed by atoms with Crippen LogP contribution in [0.1, 0.15) is 13.3 Å².